The molecular formula is C20H22ClN3O5S2. The van der Waals surface area contributed by atoms with Gasteiger partial charge in [0.2, 0.25) is 20.0 Å². The van der Waals surface area contributed by atoms with Crippen LogP contribution in [0.1, 0.15) is 16.8 Å². The van der Waals surface area contributed by atoms with Crippen LogP contribution < -0.4 is 4.31 Å². The first-order valence-corrected chi connectivity index (χ1v) is 13.3. The number of halogens is 1. The van der Waals surface area contributed by atoms with Gasteiger partial charge in [-0.25, -0.2) is 16.8 Å². The molecule has 0 spiro atoms. The van der Waals surface area contributed by atoms with Crippen molar-refractivity contribution in [3.8, 4) is 0 Å². The number of anilines is 1. The van der Waals surface area contributed by atoms with E-state index in [9.17, 15) is 21.6 Å². The standard InChI is InChI=1S/C20H22ClN3O5S2/c21-17-4-8-19(9-5-17)31(28,29)23-13-11-22(12-14-23)20(25)16-2-6-18(7-3-16)24-10-1-15-30(24,26)27/h2-9H,1,10-15H2. The van der Waals surface area contributed by atoms with Crippen LogP contribution in [-0.2, 0) is 20.0 Å². The molecule has 2 aliphatic heterocycles. The highest BCUT2D eigenvalue weighted by Crippen LogP contribution is 2.25. The third-order valence-electron chi connectivity index (χ3n) is 5.48. The van der Waals surface area contributed by atoms with Gasteiger partial charge in [0.1, 0.15) is 0 Å². The molecule has 11 heteroatoms. The molecule has 1 amide bonds. The van der Waals surface area contributed by atoms with Crippen LogP contribution in [0, 0.1) is 0 Å². The van der Waals surface area contributed by atoms with Gasteiger partial charge in [0.25, 0.3) is 5.91 Å². The molecule has 31 heavy (non-hydrogen) atoms. The molecule has 166 valence electrons. The van der Waals surface area contributed by atoms with Crippen molar-refractivity contribution >= 4 is 43.2 Å². The van der Waals surface area contributed by atoms with E-state index in [-0.39, 0.29) is 42.7 Å². The molecular weight excluding hydrogens is 462 g/mol. The first-order chi connectivity index (χ1) is 14.7. The minimum absolute atomic E-state index is 0.136. The van der Waals surface area contributed by atoms with Crippen molar-refractivity contribution < 1.29 is 21.6 Å². The van der Waals surface area contributed by atoms with Gasteiger partial charge in [-0.1, -0.05) is 11.6 Å². The Morgan fingerprint density at radius 1 is 0.871 bits per heavy atom. The summed E-state index contributed by atoms with van der Waals surface area (Å²) in [5, 5.41) is 0.461. The highest BCUT2D eigenvalue weighted by Gasteiger charge is 2.31. The van der Waals surface area contributed by atoms with Crippen molar-refractivity contribution in [2.45, 2.75) is 11.3 Å². The molecule has 2 aromatic carbocycles. The first kappa shape index (κ1) is 22.1. The van der Waals surface area contributed by atoms with Gasteiger partial charge in [-0.2, -0.15) is 4.31 Å². The van der Waals surface area contributed by atoms with E-state index in [0.717, 1.165) is 0 Å². The fraction of sp³-hybridized carbons (Fsp3) is 0.350. The molecule has 2 aromatic rings. The Bertz CT molecular complexity index is 1170. The molecule has 0 N–H and O–H groups in total. The quantitative estimate of drug-likeness (QED) is 0.663. The highest BCUT2D eigenvalue weighted by molar-refractivity contribution is 7.93. The Labute approximate surface area is 187 Å². The number of carbonyl (C=O) groups excluding carboxylic acids is 1. The van der Waals surface area contributed by atoms with Gasteiger partial charge in [0.05, 0.1) is 16.3 Å². The topological polar surface area (TPSA) is 95.1 Å². The molecule has 8 nitrogen and oxygen atoms in total. The van der Waals surface area contributed by atoms with Crippen molar-refractivity contribution in [3.63, 3.8) is 0 Å². The number of carbonyl (C=O) groups is 1. The van der Waals surface area contributed by atoms with Gasteiger partial charge < -0.3 is 4.90 Å². The van der Waals surface area contributed by atoms with Crippen LogP contribution in [0.4, 0.5) is 5.69 Å². The van der Waals surface area contributed by atoms with E-state index in [2.05, 4.69) is 0 Å². The van der Waals surface area contributed by atoms with E-state index < -0.39 is 20.0 Å². The van der Waals surface area contributed by atoms with E-state index in [0.29, 0.717) is 29.2 Å². The number of amides is 1. The zero-order valence-corrected chi connectivity index (χ0v) is 19.0. The van der Waals surface area contributed by atoms with Crippen molar-refractivity contribution in [1.82, 2.24) is 9.21 Å². The van der Waals surface area contributed by atoms with E-state index in [1.54, 1.807) is 29.2 Å². The normalized spacial score (nSPS) is 19.5. The van der Waals surface area contributed by atoms with E-state index in [1.165, 1.54) is 32.9 Å². The summed E-state index contributed by atoms with van der Waals surface area (Å²) in [6.45, 7) is 1.38. The third kappa shape index (κ3) is 4.43. The predicted octanol–water partition coefficient (Wildman–Crippen LogP) is 2.03. The number of piperazine rings is 1. The van der Waals surface area contributed by atoms with E-state index in [4.69, 9.17) is 11.6 Å². The summed E-state index contributed by atoms with van der Waals surface area (Å²) >= 11 is 5.84. The first-order valence-electron chi connectivity index (χ1n) is 9.84. The summed E-state index contributed by atoms with van der Waals surface area (Å²) in [6, 6.07) is 12.5. The SMILES string of the molecule is O=C(c1ccc(N2CCCS2(=O)=O)cc1)N1CCN(S(=O)(=O)c2ccc(Cl)cc2)CC1. The van der Waals surface area contributed by atoms with E-state index in [1.807, 2.05) is 0 Å². The Morgan fingerprint density at radius 3 is 2.03 bits per heavy atom. The monoisotopic (exact) mass is 483 g/mol. The predicted molar refractivity (Wildman–Crippen MR) is 118 cm³/mol. The van der Waals surface area contributed by atoms with Crippen LogP contribution in [0.5, 0.6) is 0 Å². The molecule has 2 saturated heterocycles. The average Bonchev–Trinajstić information content (AvgIpc) is 3.12. The molecule has 0 aliphatic carbocycles. The average molecular weight is 484 g/mol. The van der Waals surface area contributed by atoms with Gasteiger partial charge >= 0.3 is 0 Å². The van der Waals surface area contributed by atoms with Crippen molar-refractivity contribution in [1.29, 1.82) is 0 Å². The summed E-state index contributed by atoms with van der Waals surface area (Å²) in [5.74, 6) is -0.0731. The third-order valence-corrected chi connectivity index (χ3v) is 9.51. The summed E-state index contributed by atoms with van der Waals surface area (Å²) in [4.78, 5) is 14.6. The zero-order chi connectivity index (χ0) is 22.2. The van der Waals surface area contributed by atoms with Gasteiger partial charge in [-0.3, -0.25) is 9.10 Å². The Kier molecular flexibility index (Phi) is 5.99. The molecule has 0 radical (unpaired) electrons. The maximum atomic E-state index is 12.8. The van der Waals surface area contributed by atoms with E-state index >= 15 is 0 Å². The summed E-state index contributed by atoms with van der Waals surface area (Å²) in [5.41, 5.74) is 0.988. The van der Waals surface area contributed by atoms with Crippen LogP contribution in [0.3, 0.4) is 0 Å². The molecule has 0 aromatic heterocycles. The second-order valence-corrected chi connectivity index (χ2v) is 11.8. The number of hydrogen-bond acceptors (Lipinski definition) is 5. The minimum atomic E-state index is -3.64. The van der Waals surface area contributed by atoms with Crippen molar-refractivity contribution in [3.05, 3.63) is 59.1 Å². The zero-order valence-electron chi connectivity index (χ0n) is 16.6. The molecule has 0 saturated carbocycles. The smallest absolute Gasteiger partial charge is 0.253 e. The highest BCUT2D eigenvalue weighted by atomic mass is 35.5. The molecule has 0 atom stereocenters. The molecule has 2 fully saturated rings. The Hall–Kier alpha value is -2.14. The van der Waals surface area contributed by atoms with Gasteiger partial charge in [0.15, 0.2) is 0 Å². The molecule has 2 heterocycles. The summed E-state index contributed by atoms with van der Waals surface area (Å²) in [7, 11) is -6.92. The van der Waals surface area contributed by atoms with Crippen LogP contribution >= 0.6 is 11.6 Å². The van der Waals surface area contributed by atoms with Gasteiger partial charge in [0, 0.05) is 43.3 Å². The number of sulfonamides is 2. The summed E-state index contributed by atoms with van der Waals surface area (Å²) in [6.07, 6.45) is 0.590. The molecule has 4 rings (SSSR count). The van der Waals surface area contributed by atoms with Crippen molar-refractivity contribution in [2.75, 3.05) is 42.8 Å². The summed E-state index contributed by atoms with van der Waals surface area (Å²) < 4.78 is 52.4. The van der Waals surface area contributed by atoms with Gasteiger partial charge in [-0.05, 0) is 55.0 Å². The van der Waals surface area contributed by atoms with Gasteiger partial charge in [-0.15, -0.1) is 0 Å². The fourth-order valence-corrected chi connectivity index (χ4v) is 6.88. The number of benzene rings is 2. The maximum absolute atomic E-state index is 12.8. The lowest BCUT2D eigenvalue weighted by Gasteiger charge is -2.34. The number of rotatable bonds is 4. The van der Waals surface area contributed by atoms with Crippen LogP contribution in [0.25, 0.3) is 0 Å². The van der Waals surface area contributed by atoms with Crippen LogP contribution in [0.15, 0.2) is 53.4 Å². The fourth-order valence-electron chi connectivity index (χ4n) is 3.77. The molecule has 0 unspecified atom stereocenters. The Balaban J connectivity index is 1.41. The number of nitrogens with zero attached hydrogens (tertiary/aromatic N) is 3. The van der Waals surface area contributed by atoms with Crippen LogP contribution in [-0.4, -0.2) is 70.4 Å². The van der Waals surface area contributed by atoms with Crippen LogP contribution in [0.2, 0.25) is 5.02 Å². The second-order valence-electron chi connectivity index (χ2n) is 7.44. The number of hydrogen-bond donors (Lipinski definition) is 0. The lowest BCUT2D eigenvalue weighted by Crippen LogP contribution is -2.50. The second kappa shape index (κ2) is 8.42. The van der Waals surface area contributed by atoms with Crippen molar-refractivity contribution in [2.24, 2.45) is 0 Å². The maximum Gasteiger partial charge on any atom is 0.253 e. The lowest BCUT2D eigenvalue weighted by molar-refractivity contribution is 0.0698. The molecule has 0 bridgehead atoms. The molecule has 2 aliphatic rings. The largest absolute Gasteiger partial charge is 0.336 e. The minimum Gasteiger partial charge on any atom is -0.336 e. The lowest BCUT2D eigenvalue weighted by atomic mass is 10.1. The Morgan fingerprint density at radius 2 is 1.48 bits per heavy atom.